The van der Waals surface area contributed by atoms with Gasteiger partial charge in [-0.1, -0.05) is 37.2 Å². The van der Waals surface area contributed by atoms with Crippen LogP contribution in [0.5, 0.6) is 0 Å². The number of hydrogen-bond acceptors (Lipinski definition) is 5. The molecule has 3 aromatic rings. The highest BCUT2D eigenvalue weighted by Crippen LogP contribution is 2.22. The maximum atomic E-state index is 13.1. The number of rotatable bonds is 8. The predicted molar refractivity (Wildman–Crippen MR) is 130 cm³/mol. The van der Waals surface area contributed by atoms with Crippen LogP contribution < -0.4 is 16.2 Å². The minimum atomic E-state index is -0.237. The molecule has 0 spiro atoms. The zero-order valence-electron chi connectivity index (χ0n) is 18.1. The summed E-state index contributed by atoms with van der Waals surface area (Å²) in [6, 6.07) is 11.6. The Morgan fingerprint density at radius 3 is 2.53 bits per heavy atom. The van der Waals surface area contributed by atoms with Gasteiger partial charge in [0, 0.05) is 29.9 Å². The Kier molecular flexibility index (Phi) is 7.93. The third kappa shape index (κ3) is 5.89. The van der Waals surface area contributed by atoms with Gasteiger partial charge in [-0.15, -0.1) is 0 Å². The van der Waals surface area contributed by atoms with E-state index in [9.17, 15) is 14.4 Å². The first-order valence-corrected chi connectivity index (χ1v) is 11.6. The van der Waals surface area contributed by atoms with Gasteiger partial charge >= 0.3 is 0 Å². The quantitative estimate of drug-likeness (QED) is 0.379. The second kappa shape index (κ2) is 10.7. The van der Waals surface area contributed by atoms with Crippen molar-refractivity contribution in [3.05, 3.63) is 63.4 Å². The number of carbonyl (C=O) groups is 2. The number of amides is 2. The molecule has 2 aromatic carbocycles. The van der Waals surface area contributed by atoms with Gasteiger partial charge in [0.25, 0.3) is 11.5 Å². The van der Waals surface area contributed by atoms with E-state index in [1.54, 1.807) is 54.1 Å². The summed E-state index contributed by atoms with van der Waals surface area (Å²) in [7, 11) is 1.56. The molecule has 0 aliphatic rings. The SMILES string of the molecule is CNC(=O)c1ccc(NC(=O)CSc2nc3cc(Cl)ccc3c(=O)n2CCC(C)C)cc1. The van der Waals surface area contributed by atoms with Gasteiger partial charge in [-0.05, 0) is 54.8 Å². The lowest BCUT2D eigenvalue weighted by Gasteiger charge is -2.14. The molecule has 0 atom stereocenters. The maximum absolute atomic E-state index is 13.1. The van der Waals surface area contributed by atoms with Crippen molar-refractivity contribution in [2.24, 2.45) is 5.92 Å². The van der Waals surface area contributed by atoms with Crippen LogP contribution in [0.3, 0.4) is 0 Å². The number of benzene rings is 2. The molecule has 9 heteroatoms. The molecule has 1 heterocycles. The maximum Gasteiger partial charge on any atom is 0.262 e. The van der Waals surface area contributed by atoms with Gasteiger partial charge in [0.05, 0.1) is 16.7 Å². The van der Waals surface area contributed by atoms with Crippen molar-refractivity contribution in [2.45, 2.75) is 32.0 Å². The normalized spacial score (nSPS) is 11.0. The summed E-state index contributed by atoms with van der Waals surface area (Å²) in [5, 5.41) is 6.83. The Hall–Kier alpha value is -2.84. The topological polar surface area (TPSA) is 93.1 Å². The minimum Gasteiger partial charge on any atom is -0.355 e. The summed E-state index contributed by atoms with van der Waals surface area (Å²) in [5.41, 5.74) is 1.46. The Bertz CT molecular complexity index is 1190. The first-order chi connectivity index (χ1) is 15.3. The van der Waals surface area contributed by atoms with Crippen LogP contribution in [0.1, 0.15) is 30.6 Å². The van der Waals surface area contributed by atoms with E-state index in [0.717, 1.165) is 6.42 Å². The Morgan fingerprint density at radius 1 is 1.16 bits per heavy atom. The number of fused-ring (bicyclic) bond motifs is 1. The molecule has 0 fully saturated rings. The van der Waals surface area contributed by atoms with Crippen molar-refractivity contribution in [3.8, 4) is 0 Å². The lowest BCUT2D eigenvalue weighted by Crippen LogP contribution is -2.25. The Labute approximate surface area is 195 Å². The van der Waals surface area contributed by atoms with E-state index in [-0.39, 0.29) is 23.1 Å². The smallest absolute Gasteiger partial charge is 0.262 e. The number of halogens is 1. The largest absolute Gasteiger partial charge is 0.355 e. The number of carbonyl (C=O) groups excluding carboxylic acids is 2. The molecule has 0 unspecified atom stereocenters. The molecule has 0 bridgehead atoms. The fourth-order valence-electron chi connectivity index (χ4n) is 3.04. The number of anilines is 1. The van der Waals surface area contributed by atoms with Gasteiger partial charge in [0.1, 0.15) is 0 Å². The van der Waals surface area contributed by atoms with Crippen molar-refractivity contribution in [2.75, 3.05) is 18.1 Å². The van der Waals surface area contributed by atoms with Crippen molar-refractivity contribution in [1.29, 1.82) is 0 Å². The molecule has 0 aliphatic carbocycles. The molecule has 0 radical (unpaired) electrons. The zero-order chi connectivity index (χ0) is 23.3. The zero-order valence-corrected chi connectivity index (χ0v) is 19.7. The van der Waals surface area contributed by atoms with Gasteiger partial charge in [0.2, 0.25) is 5.91 Å². The van der Waals surface area contributed by atoms with Crippen LogP contribution in [0.2, 0.25) is 5.02 Å². The van der Waals surface area contributed by atoms with Crippen LogP contribution in [0.15, 0.2) is 52.4 Å². The summed E-state index contributed by atoms with van der Waals surface area (Å²) in [4.78, 5) is 41.8. The van der Waals surface area contributed by atoms with Crippen LogP contribution in [0, 0.1) is 5.92 Å². The van der Waals surface area contributed by atoms with Crippen LogP contribution >= 0.6 is 23.4 Å². The molecular formula is C23H25ClN4O3S. The van der Waals surface area contributed by atoms with Crippen molar-refractivity contribution >= 4 is 51.8 Å². The summed E-state index contributed by atoms with van der Waals surface area (Å²) in [6.45, 7) is 4.71. The van der Waals surface area contributed by atoms with E-state index in [2.05, 4.69) is 29.5 Å². The molecule has 0 saturated heterocycles. The van der Waals surface area contributed by atoms with Crippen LogP contribution in [0.4, 0.5) is 5.69 Å². The number of thioether (sulfide) groups is 1. The standard InChI is InChI=1S/C23H25ClN4O3S/c1-14(2)10-11-28-22(31)18-9-6-16(24)12-19(18)27-23(28)32-13-20(29)26-17-7-4-15(5-8-17)21(30)25-3/h4-9,12,14H,10-11,13H2,1-3H3,(H,25,30)(H,26,29). The molecule has 7 nitrogen and oxygen atoms in total. The summed E-state index contributed by atoms with van der Waals surface area (Å²) >= 11 is 7.28. The van der Waals surface area contributed by atoms with E-state index in [0.29, 0.717) is 44.8 Å². The fourth-order valence-corrected chi connectivity index (χ4v) is 4.04. The van der Waals surface area contributed by atoms with E-state index in [4.69, 9.17) is 11.6 Å². The van der Waals surface area contributed by atoms with Crippen LogP contribution in [0.25, 0.3) is 10.9 Å². The van der Waals surface area contributed by atoms with E-state index >= 15 is 0 Å². The van der Waals surface area contributed by atoms with Gasteiger partial charge in [-0.25, -0.2) is 4.98 Å². The van der Waals surface area contributed by atoms with E-state index < -0.39 is 0 Å². The second-order valence-corrected chi connectivity index (χ2v) is 9.07. The third-order valence-electron chi connectivity index (χ3n) is 4.80. The summed E-state index contributed by atoms with van der Waals surface area (Å²) in [5.74, 6) is 0.0674. The lowest BCUT2D eigenvalue weighted by atomic mass is 10.1. The summed E-state index contributed by atoms with van der Waals surface area (Å²) < 4.78 is 1.63. The van der Waals surface area contributed by atoms with Crippen molar-refractivity contribution < 1.29 is 9.59 Å². The average Bonchev–Trinajstić information content (AvgIpc) is 2.76. The molecule has 1 aromatic heterocycles. The Morgan fingerprint density at radius 2 is 1.88 bits per heavy atom. The molecule has 32 heavy (non-hydrogen) atoms. The van der Waals surface area contributed by atoms with E-state index in [1.165, 1.54) is 11.8 Å². The molecular weight excluding hydrogens is 448 g/mol. The molecule has 0 aliphatic heterocycles. The number of hydrogen-bond donors (Lipinski definition) is 2. The van der Waals surface area contributed by atoms with Gasteiger partial charge in [0.15, 0.2) is 5.16 Å². The van der Waals surface area contributed by atoms with Crippen LogP contribution in [-0.4, -0.2) is 34.2 Å². The van der Waals surface area contributed by atoms with Gasteiger partial charge < -0.3 is 10.6 Å². The van der Waals surface area contributed by atoms with Crippen molar-refractivity contribution in [3.63, 3.8) is 0 Å². The molecule has 2 N–H and O–H groups in total. The average molecular weight is 473 g/mol. The first-order valence-electron chi connectivity index (χ1n) is 10.2. The van der Waals surface area contributed by atoms with E-state index in [1.807, 2.05) is 0 Å². The highest BCUT2D eigenvalue weighted by molar-refractivity contribution is 7.99. The number of nitrogens with zero attached hydrogens (tertiary/aromatic N) is 2. The first kappa shape index (κ1) is 23.8. The fraction of sp³-hybridized carbons (Fsp3) is 0.304. The number of nitrogens with one attached hydrogen (secondary N) is 2. The lowest BCUT2D eigenvalue weighted by molar-refractivity contribution is -0.113. The van der Waals surface area contributed by atoms with Gasteiger partial charge in [-0.3, -0.25) is 19.0 Å². The second-order valence-electron chi connectivity index (χ2n) is 7.69. The van der Waals surface area contributed by atoms with Gasteiger partial charge in [-0.2, -0.15) is 0 Å². The highest BCUT2D eigenvalue weighted by Gasteiger charge is 2.14. The summed E-state index contributed by atoms with van der Waals surface area (Å²) in [6.07, 6.45) is 0.818. The highest BCUT2D eigenvalue weighted by atomic mass is 35.5. The minimum absolute atomic E-state index is 0.0807. The van der Waals surface area contributed by atoms with Crippen molar-refractivity contribution in [1.82, 2.24) is 14.9 Å². The third-order valence-corrected chi connectivity index (χ3v) is 6.01. The molecule has 3 rings (SSSR count). The molecule has 168 valence electrons. The monoisotopic (exact) mass is 472 g/mol. The molecule has 0 saturated carbocycles. The van der Waals surface area contributed by atoms with Crippen LogP contribution in [-0.2, 0) is 11.3 Å². The Balaban J connectivity index is 1.77. The molecule has 2 amide bonds. The predicted octanol–water partition coefficient (Wildman–Crippen LogP) is 4.19. The number of aromatic nitrogens is 2.